The number of hydrogen-bond acceptors (Lipinski definition) is 3. The average Bonchev–Trinajstić information content (AvgIpc) is 3.21. The molecule has 1 heterocycles. The normalized spacial score (nSPS) is 20.7. The Kier molecular flexibility index (Phi) is 5.66. The molecule has 0 spiro atoms. The molecule has 1 aromatic heterocycles. The van der Waals surface area contributed by atoms with Crippen LogP contribution in [0.15, 0.2) is 49.1 Å². The van der Waals surface area contributed by atoms with Crippen molar-refractivity contribution in [3.63, 3.8) is 0 Å². The van der Waals surface area contributed by atoms with Gasteiger partial charge in [-0.25, -0.2) is 4.98 Å². The molecular weight excluding hydrogens is 314 g/mol. The zero-order valence-electron chi connectivity index (χ0n) is 14.6. The summed E-state index contributed by atoms with van der Waals surface area (Å²) in [6.07, 6.45) is 12.8. The van der Waals surface area contributed by atoms with Crippen LogP contribution in [0, 0.1) is 5.92 Å². The summed E-state index contributed by atoms with van der Waals surface area (Å²) >= 11 is 0. The molecule has 25 heavy (non-hydrogen) atoms. The summed E-state index contributed by atoms with van der Waals surface area (Å²) < 4.78 is 1.94. The lowest BCUT2D eigenvalue weighted by Gasteiger charge is -2.33. The third-order valence-corrected chi connectivity index (χ3v) is 5.08. The number of benzene rings is 1. The van der Waals surface area contributed by atoms with Crippen LogP contribution in [0.5, 0.6) is 0 Å². The maximum atomic E-state index is 12.4. The SMILES string of the molecule is CN(C(=O)/C=C/c1ccc(-n2ccnc2)cc1)C1CCC(CO)CC1. The van der Waals surface area contributed by atoms with Gasteiger partial charge in [-0.05, 0) is 55.4 Å². The van der Waals surface area contributed by atoms with Gasteiger partial charge in [0, 0.05) is 43.9 Å². The molecule has 1 aliphatic rings. The summed E-state index contributed by atoms with van der Waals surface area (Å²) in [5.74, 6) is 0.440. The Balaban J connectivity index is 1.57. The quantitative estimate of drug-likeness (QED) is 0.852. The van der Waals surface area contributed by atoms with Crippen LogP contribution in [-0.4, -0.2) is 45.2 Å². The van der Waals surface area contributed by atoms with Gasteiger partial charge in [0.15, 0.2) is 0 Å². The Labute approximate surface area is 148 Å². The predicted octanol–water partition coefficient (Wildman–Crippen LogP) is 2.90. The van der Waals surface area contributed by atoms with Crippen LogP contribution in [0.3, 0.4) is 0 Å². The van der Waals surface area contributed by atoms with Crippen molar-refractivity contribution >= 4 is 12.0 Å². The Bertz CT molecular complexity index is 699. The van der Waals surface area contributed by atoms with Crippen LogP contribution in [0.1, 0.15) is 31.2 Å². The largest absolute Gasteiger partial charge is 0.396 e. The van der Waals surface area contributed by atoms with Gasteiger partial charge in [0.05, 0.1) is 6.33 Å². The van der Waals surface area contributed by atoms with Gasteiger partial charge in [-0.3, -0.25) is 4.79 Å². The molecule has 5 nitrogen and oxygen atoms in total. The van der Waals surface area contributed by atoms with E-state index < -0.39 is 0 Å². The first-order chi connectivity index (χ1) is 12.2. The second kappa shape index (κ2) is 8.12. The van der Waals surface area contributed by atoms with E-state index in [1.165, 1.54) is 0 Å². The fourth-order valence-corrected chi connectivity index (χ4v) is 3.35. The fraction of sp³-hybridized carbons (Fsp3) is 0.400. The molecule has 0 atom stereocenters. The van der Waals surface area contributed by atoms with Crippen molar-refractivity contribution in [2.75, 3.05) is 13.7 Å². The summed E-state index contributed by atoms with van der Waals surface area (Å²) in [6, 6.07) is 8.28. The minimum absolute atomic E-state index is 0.0335. The Hall–Kier alpha value is -2.40. The van der Waals surface area contributed by atoms with E-state index in [4.69, 9.17) is 0 Å². The predicted molar refractivity (Wildman–Crippen MR) is 98.2 cm³/mol. The third kappa shape index (κ3) is 4.37. The number of aliphatic hydroxyl groups excluding tert-OH is 1. The molecule has 1 aliphatic carbocycles. The van der Waals surface area contributed by atoms with E-state index in [1.54, 1.807) is 18.6 Å². The van der Waals surface area contributed by atoms with Gasteiger partial charge in [0.2, 0.25) is 5.91 Å². The van der Waals surface area contributed by atoms with Crippen LogP contribution in [0.25, 0.3) is 11.8 Å². The number of rotatable bonds is 5. The topological polar surface area (TPSA) is 58.4 Å². The zero-order valence-corrected chi connectivity index (χ0v) is 14.6. The van der Waals surface area contributed by atoms with Gasteiger partial charge in [0.25, 0.3) is 0 Å². The maximum absolute atomic E-state index is 12.4. The monoisotopic (exact) mass is 339 g/mol. The van der Waals surface area contributed by atoms with E-state index in [0.717, 1.165) is 36.9 Å². The number of amides is 1. The molecule has 132 valence electrons. The zero-order chi connectivity index (χ0) is 17.6. The molecule has 3 rings (SSSR count). The Morgan fingerprint density at radius 2 is 2.00 bits per heavy atom. The highest BCUT2D eigenvalue weighted by atomic mass is 16.3. The molecule has 1 fully saturated rings. The molecule has 1 N–H and O–H groups in total. The van der Waals surface area contributed by atoms with Gasteiger partial charge in [-0.1, -0.05) is 12.1 Å². The lowest BCUT2D eigenvalue weighted by molar-refractivity contribution is -0.127. The highest BCUT2D eigenvalue weighted by Crippen LogP contribution is 2.26. The number of hydrogen-bond donors (Lipinski definition) is 1. The van der Waals surface area contributed by atoms with Crippen molar-refractivity contribution in [1.29, 1.82) is 0 Å². The van der Waals surface area contributed by atoms with Crippen LogP contribution in [-0.2, 0) is 4.79 Å². The van der Waals surface area contributed by atoms with Crippen molar-refractivity contribution in [3.8, 4) is 5.69 Å². The number of likely N-dealkylation sites (N-methyl/N-ethyl adjacent to an activating group) is 1. The van der Waals surface area contributed by atoms with Crippen molar-refractivity contribution < 1.29 is 9.90 Å². The van der Waals surface area contributed by atoms with Crippen molar-refractivity contribution in [1.82, 2.24) is 14.5 Å². The van der Waals surface area contributed by atoms with E-state index in [-0.39, 0.29) is 18.6 Å². The van der Waals surface area contributed by atoms with E-state index in [2.05, 4.69) is 4.98 Å². The van der Waals surface area contributed by atoms with Gasteiger partial charge in [0.1, 0.15) is 0 Å². The number of aromatic nitrogens is 2. The highest BCUT2D eigenvalue weighted by Gasteiger charge is 2.25. The number of imidazole rings is 1. The Morgan fingerprint density at radius 3 is 2.60 bits per heavy atom. The van der Waals surface area contributed by atoms with Crippen LogP contribution in [0.2, 0.25) is 0 Å². The molecule has 0 aliphatic heterocycles. The van der Waals surface area contributed by atoms with Gasteiger partial charge in [-0.15, -0.1) is 0 Å². The average molecular weight is 339 g/mol. The molecule has 5 heteroatoms. The summed E-state index contributed by atoms with van der Waals surface area (Å²) in [6.45, 7) is 0.263. The first-order valence-electron chi connectivity index (χ1n) is 8.81. The van der Waals surface area contributed by atoms with Gasteiger partial charge in [-0.2, -0.15) is 0 Å². The molecule has 1 amide bonds. The number of nitrogens with zero attached hydrogens (tertiary/aromatic N) is 3. The fourth-order valence-electron chi connectivity index (χ4n) is 3.35. The minimum Gasteiger partial charge on any atom is -0.396 e. The van der Waals surface area contributed by atoms with Crippen LogP contribution >= 0.6 is 0 Å². The summed E-state index contributed by atoms with van der Waals surface area (Å²) in [4.78, 5) is 18.3. The second-order valence-electron chi connectivity index (χ2n) is 6.70. The summed E-state index contributed by atoms with van der Waals surface area (Å²) in [5, 5.41) is 9.22. The number of aliphatic hydroxyl groups is 1. The maximum Gasteiger partial charge on any atom is 0.246 e. The standard InChI is InChI=1S/C20H25N3O2/c1-22(18-7-4-17(14-24)5-8-18)20(25)11-6-16-2-9-19(10-3-16)23-13-12-21-15-23/h2-3,6,9-13,15,17-18,24H,4-5,7-8,14H2,1H3/b11-6+. The van der Waals surface area contributed by atoms with Gasteiger partial charge >= 0.3 is 0 Å². The van der Waals surface area contributed by atoms with Crippen LogP contribution in [0.4, 0.5) is 0 Å². The molecule has 0 unspecified atom stereocenters. The summed E-state index contributed by atoms with van der Waals surface area (Å²) in [7, 11) is 1.87. The molecule has 0 radical (unpaired) electrons. The highest BCUT2D eigenvalue weighted by molar-refractivity contribution is 5.91. The lowest BCUT2D eigenvalue weighted by atomic mass is 9.86. The molecule has 0 bridgehead atoms. The first-order valence-corrected chi connectivity index (χ1v) is 8.81. The smallest absolute Gasteiger partial charge is 0.246 e. The van der Waals surface area contributed by atoms with Crippen molar-refractivity contribution in [2.45, 2.75) is 31.7 Å². The molecular formula is C20H25N3O2. The minimum atomic E-state index is 0.0335. The number of carbonyl (C=O) groups excluding carboxylic acids is 1. The van der Waals surface area contributed by atoms with E-state index in [0.29, 0.717) is 5.92 Å². The van der Waals surface area contributed by atoms with Crippen LogP contribution < -0.4 is 0 Å². The summed E-state index contributed by atoms with van der Waals surface area (Å²) in [5.41, 5.74) is 2.04. The first kappa shape index (κ1) is 17.4. The second-order valence-corrected chi connectivity index (χ2v) is 6.70. The molecule has 1 aromatic carbocycles. The van der Waals surface area contributed by atoms with E-state index in [9.17, 15) is 9.90 Å². The molecule has 0 saturated heterocycles. The van der Waals surface area contributed by atoms with Gasteiger partial charge < -0.3 is 14.6 Å². The Morgan fingerprint density at radius 1 is 1.28 bits per heavy atom. The molecule has 2 aromatic rings. The van der Waals surface area contributed by atoms with E-state index >= 15 is 0 Å². The van der Waals surface area contributed by atoms with E-state index in [1.807, 2.05) is 53.1 Å². The third-order valence-electron chi connectivity index (χ3n) is 5.08. The lowest BCUT2D eigenvalue weighted by Crippen LogP contribution is -2.39. The van der Waals surface area contributed by atoms with Crippen molar-refractivity contribution in [2.24, 2.45) is 5.92 Å². The van der Waals surface area contributed by atoms with Crippen molar-refractivity contribution in [3.05, 3.63) is 54.6 Å². The number of carbonyl (C=O) groups is 1. The molecule has 1 saturated carbocycles.